The van der Waals surface area contributed by atoms with Gasteiger partial charge < -0.3 is 0 Å². The normalized spacial score (nSPS) is 11.8. The maximum absolute atomic E-state index is 10.5. The van der Waals surface area contributed by atoms with Crippen molar-refractivity contribution < 1.29 is 4.92 Å². The number of hydrogen-bond donors (Lipinski definition) is 0. The van der Waals surface area contributed by atoms with E-state index < -0.39 is 4.92 Å². The number of rotatable bonds is 4. The summed E-state index contributed by atoms with van der Waals surface area (Å²) in [5, 5.41) is 23.5. The van der Waals surface area contributed by atoms with Gasteiger partial charge in [0.2, 0.25) is 0 Å². The number of nitrogens with zero attached hydrogens (tertiary/aromatic N) is 5. The molecule has 0 aliphatic heterocycles. The smallest absolute Gasteiger partial charge is 0.258 e. The summed E-state index contributed by atoms with van der Waals surface area (Å²) in [4.78, 5) is 14.2. The van der Waals surface area contributed by atoms with Crippen molar-refractivity contribution in [2.75, 3.05) is 0 Å². The van der Waals surface area contributed by atoms with Crippen molar-refractivity contribution in [2.24, 2.45) is 5.92 Å². The van der Waals surface area contributed by atoms with E-state index in [1.165, 1.54) is 12.1 Å². The standard InChI is InChI=1S/C12H11N5O2/c1-9(6-13)7-16-8-14-12(15-16)10-2-4-11(5-3-10)17(18)19/h2-5,8-9H,7H2,1H3. The Morgan fingerprint density at radius 2 is 2.16 bits per heavy atom. The third-order valence-electron chi connectivity index (χ3n) is 2.55. The molecule has 1 atom stereocenters. The van der Waals surface area contributed by atoms with Gasteiger partial charge in [-0.3, -0.25) is 14.8 Å². The molecule has 1 heterocycles. The molecule has 0 bridgehead atoms. The molecule has 0 radical (unpaired) electrons. The van der Waals surface area contributed by atoms with Gasteiger partial charge in [-0.15, -0.1) is 0 Å². The van der Waals surface area contributed by atoms with Crippen molar-refractivity contribution >= 4 is 5.69 Å². The lowest BCUT2D eigenvalue weighted by molar-refractivity contribution is -0.384. The van der Waals surface area contributed by atoms with Crippen LogP contribution in [-0.4, -0.2) is 19.7 Å². The predicted molar refractivity (Wildman–Crippen MR) is 66.9 cm³/mol. The summed E-state index contributed by atoms with van der Waals surface area (Å²) in [5.41, 5.74) is 0.732. The van der Waals surface area contributed by atoms with Crippen LogP contribution < -0.4 is 0 Å². The number of nitro benzene ring substituents is 1. The number of hydrogen-bond acceptors (Lipinski definition) is 5. The molecule has 0 saturated carbocycles. The fraction of sp³-hybridized carbons (Fsp3) is 0.250. The van der Waals surface area contributed by atoms with Crippen LogP contribution in [0.4, 0.5) is 5.69 Å². The van der Waals surface area contributed by atoms with Crippen LogP contribution in [-0.2, 0) is 6.54 Å². The summed E-state index contributed by atoms with van der Waals surface area (Å²) in [6, 6.07) is 8.15. The molecule has 1 aromatic heterocycles. The molecule has 0 amide bonds. The van der Waals surface area contributed by atoms with Crippen LogP contribution in [0.25, 0.3) is 11.4 Å². The molecule has 0 fully saturated rings. The van der Waals surface area contributed by atoms with Crippen molar-refractivity contribution in [2.45, 2.75) is 13.5 Å². The Labute approximate surface area is 109 Å². The molecule has 7 heteroatoms. The van der Waals surface area contributed by atoms with Gasteiger partial charge in [0.05, 0.1) is 23.5 Å². The molecule has 0 N–H and O–H groups in total. The number of nitriles is 1. The predicted octanol–water partition coefficient (Wildman–Crippen LogP) is 2.01. The highest BCUT2D eigenvalue weighted by Crippen LogP contribution is 2.18. The maximum atomic E-state index is 10.5. The fourth-order valence-corrected chi connectivity index (χ4v) is 1.57. The third-order valence-corrected chi connectivity index (χ3v) is 2.55. The van der Waals surface area contributed by atoms with Gasteiger partial charge in [0.1, 0.15) is 6.33 Å². The van der Waals surface area contributed by atoms with Crippen LogP contribution in [0.1, 0.15) is 6.92 Å². The highest BCUT2D eigenvalue weighted by molar-refractivity contribution is 5.56. The first-order valence-electron chi connectivity index (χ1n) is 5.64. The van der Waals surface area contributed by atoms with Gasteiger partial charge in [-0.25, -0.2) is 4.98 Å². The van der Waals surface area contributed by atoms with E-state index in [-0.39, 0.29) is 11.6 Å². The van der Waals surface area contributed by atoms with Gasteiger partial charge in [-0.2, -0.15) is 10.4 Å². The summed E-state index contributed by atoms with van der Waals surface area (Å²) >= 11 is 0. The van der Waals surface area contributed by atoms with E-state index in [0.717, 1.165) is 0 Å². The zero-order valence-corrected chi connectivity index (χ0v) is 10.2. The fourth-order valence-electron chi connectivity index (χ4n) is 1.57. The molecule has 0 aliphatic rings. The van der Waals surface area contributed by atoms with Crippen LogP contribution in [0.5, 0.6) is 0 Å². The van der Waals surface area contributed by atoms with Crippen LogP contribution in [0.3, 0.4) is 0 Å². The van der Waals surface area contributed by atoms with E-state index >= 15 is 0 Å². The van der Waals surface area contributed by atoms with Gasteiger partial charge in [0, 0.05) is 17.7 Å². The average molecular weight is 257 g/mol. The Morgan fingerprint density at radius 1 is 1.47 bits per heavy atom. The Hall–Kier alpha value is -2.75. The topological polar surface area (TPSA) is 97.6 Å². The van der Waals surface area contributed by atoms with E-state index in [4.69, 9.17) is 5.26 Å². The van der Waals surface area contributed by atoms with Gasteiger partial charge in [-0.05, 0) is 19.1 Å². The zero-order valence-electron chi connectivity index (χ0n) is 10.2. The highest BCUT2D eigenvalue weighted by Gasteiger charge is 2.09. The monoisotopic (exact) mass is 257 g/mol. The first-order chi connectivity index (χ1) is 9.10. The SMILES string of the molecule is CC(C#N)Cn1cnc(-c2ccc([N+](=O)[O-])cc2)n1. The van der Waals surface area contributed by atoms with Gasteiger partial charge >= 0.3 is 0 Å². The molecule has 2 rings (SSSR count). The Morgan fingerprint density at radius 3 is 2.74 bits per heavy atom. The summed E-state index contributed by atoms with van der Waals surface area (Å²) in [6.45, 7) is 2.27. The van der Waals surface area contributed by atoms with E-state index in [2.05, 4.69) is 16.2 Å². The summed E-state index contributed by atoms with van der Waals surface area (Å²) in [6.07, 6.45) is 1.55. The lowest BCUT2D eigenvalue weighted by atomic mass is 10.2. The quantitative estimate of drug-likeness (QED) is 0.616. The minimum Gasteiger partial charge on any atom is -0.258 e. The van der Waals surface area contributed by atoms with E-state index in [0.29, 0.717) is 17.9 Å². The zero-order chi connectivity index (χ0) is 13.8. The molecule has 0 aliphatic carbocycles. The molecular formula is C12H11N5O2. The molecule has 1 aromatic carbocycles. The Balaban J connectivity index is 2.18. The van der Waals surface area contributed by atoms with Crippen molar-refractivity contribution in [1.82, 2.24) is 14.8 Å². The van der Waals surface area contributed by atoms with Crippen molar-refractivity contribution in [3.63, 3.8) is 0 Å². The average Bonchev–Trinajstić information content (AvgIpc) is 2.87. The second kappa shape index (κ2) is 5.27. The lowest BCUT2D eigenvalue weighted by Crippen LogP contribution is -2.06. The molecule has 0 saturated heterocycles. The van der Waals surface area contributed by atoms with E-state index in [9.17, 15) is 10.1 Å². The number of benzene rings is 1. The van der Waals surface area contributed by atoms with Crippen LogP contribution in [0.2, 0.25) is 0 Å². The van der Waals surface area contributed by atoms with Crippen LogP contribution in [0, 0.1) is 27.4 Å². The first kappa shape index (κ1) is 12.7. The van der Waals surface area contributed by atoms with E-state index in [1.54, 1.807) is 30.1 Å². The van der Waals surface area contributed by atoms with E-state index in [1.807, 2.05) is 0 Å². The molecule has 1 unspecified atom stereocenters. The maximum Gasteiger partial charge on any atom is 0.269 e. The van der Waals surface area contributed by atoms with Crippen molar-refractivity contribution in [1.29, 1.82) is 5.26 Å². The number of nitro groups is 1. The van der Waals surface area contributed by atoms with Crippen molar-refractivity contribution in [3.8, 4) is 17.5 Å². The Kier molecular flexibility index (Phi) is 3.52. The molecular weight excluding hydrogens is 246 g/mol. The Bertz CT molecular complexity index is 626. The molecule has 0 spiro atoms. The van der Waals surface area contributed by atoms with Crippen LogP contribution >= 0.6 is 0 Å². The second-order valence-corrected chi connectivity index (χ2v) is 4.12. The third kappa shape index (κ3) is 2.93. The first-order valence-corrected chi connectivity index (χ1v) is 5.64. The number of non-ortho nitro benzene ring substituents is 1. The minimum atomic E-state index is -0.454. The summed E-state index contributed by atoms with van der Waals surface area (Å²) in [7, 11) is 0. The minimum absolute atomic E-state index is 0.0290. The molecule has 96 valence electrons. The van der Waals surface area contributed by atoms with Gasteiger partial charge in [-0.1, -0.05) is 0 Å². The molecule has 2 aromatic rings. The number of aromatic nitrogens is 3. The van der Waals surface area contributed by atoms with Crippen molar-refractivity contribution in [3.05, 3.63) is 40.7 Å². The summed E-state index contributed by atoms with van der Waals surface area (Å²) < 4.78 is 1.59. The molecule has 7 nitrogen and oxygen atoms in total. The van der Waals surface area contributed by atoms with Crippen LogP contribution in [0.15, 0.2) is 30.6 Å². The van der Waals surface area contributed by atoms with Gasteiger partial charge in [0.15, 0.2) is 5.82 Å². The summed E-state index contributed by atoms with van der Waals surface area (Å²) in [5.74, 6) is 0.339. The second-order valence-electron chi connectivity index (χ2n) is 4.12. The largest absolute Gasteiger partial charge is 0.269 e. The molecule has 19 heavy (non-hydrogen) atoms. The lowest BCUT2D eigenvalue weighted by Gasteiger charge is -2.00. The van der Waals surface area contributed by atoms with Gasteiger partial charge in [0.25, 0.3) is 5.69 Å². The highest BCUT2D eigenvalue weighted by atomic mass is 16.6.